The van der Waals surface area contributed by atoms with Gasteiger partial charge in [0, 0.05) is 29.8 Å². The van der Waals surface area contributed by atoms with Gasteiger partial charge in [0.25, 0.3) is 0 Å². The molecule has 3 aromatic rings. The standard InChI is InChI=1S/C31H29NO5S2/c1-35-26-10-4-21(5-11-26)16-24-18-32(19-25(30(24)34)17-22-6-12-27(36-2)13-7-22)31(38)39-20-29(33)23-8-14-28(37-3)15-9-23/h4-17H,18-20H2,1-3H3/b24-16+,25-17+. The number of hydrogen-bond acceptors (Lipinski definition) is 7. The number of rotatable bonds is 8. The molecule has 0 unspecified atom stereocenters. The normalized spacial score (nSPS) is 15.4. The summed E-state index contributed by atoms with van der Waals surface area (Å²) in [6.45, 7) is 0.709. The fraction of sp³-hybridized carbons (Fsp3) is 0.194. The summed E-state index contributed by atoms with van der Waals surface area (Å²) in [4.78, 5) is 28.3. The number of ketones is 2. The molecule has 1 fully saturated rings. The first kappa shape index (κ1) is 28.1. The van der Waals surface area contributed by atoms with E-state index in [-0.39, 0.29) is 17.3 Å². The molecule has 0 N–H and O–H groups in total. The van der Waals surface area contributed by atoms with Crippen LogP contribution in [-0.4, -0.2) is 61.0 Å². The van der Waals surface area contributed by atoms with Crippen molar-refractivity contribution >= 4 is 52.0 Å². The van der Waals surface area contributed by atoms with Crippen molar-refractivity contribution in [2.75, 3.05) is 40.2 Å². The SMILES string of the molecule is COc1ccc(/C=C2\CN(C(=S)SCC(=O)c3ccc(OC)cc3)C/C(=C\c3ccc(OC)cc3)C2=O)cc1. The second kappa shape index (κ2) is 13.3. The zero-order chi connectivity index (χ0) is 27.8. The van der Waals surface area contributed by atoms with Gasteiger partial charge in [0.15, 0.2) is 11.6 Å². The van der Waals surface area contributed by atoms with Gasteiger partial charge in [-0.1, -0.05) is 48.2 Å². The van der Waals surface area contributed by atoms with Crippen molar-refractivity contribution in [3.8, 4) is 17.2 Å². The number of Topliss-reactive ketones (excluding diaryl/α,β-unsaturated/α-hetero) is 2. The van der Waals surface area contributed by atoms with Gasteiger partial charge in [-0.05, 0) is 71.8 Å². The molecule has 0 atom stereocenters. The zero-order valence-corrected chi connectivity index (χ0v) is 23.6. The van der Waals surface area contributed by atoms with E-state index in [9.17, 15) is 9.59 Å². The van der Waals surface area contributed by atoms with Crippen LogP contribution in [0.2, 0.25) is 0 Å². The third-order valence-electron chi connectivity index (χ3n) is 6.22. The van der Waals surface area contributed by atoms with Crippen LogP contribution in [0.25, 0.3) is 12.2 Å². The summed E-state index contributed by atoms with van der Waals surface area (Å²) in [5.41, 5.74) is 3.61. The van der Waals surface area contributed by atoms with E-state index in [1.165, 1.54) is 11.8 Å². The van der Waals surface area contributed by atoms with Crippen molar-refractivity contribution in [3.05, 3.63) is 101 Å². The zero-order valence-electron chi connectivity index (χ0n) is 22.0. The van der Waals surface area contributed by atoms with E-state index in [0.29, 0.717) is 39.9 Å². The minimum atomic E-state index is -0.0278. The Morgan fingerprint density at radius 3 is 1.59 bits per heavy atom. The maximum atomic E-state index is 13.5. The highest BCUT2D eigenvalue weighted by Crippen LogP contribution is 2.26. The topological polar surface area (TPSA) is 65.1 Å². The number of carbonyl (C=O) groups excluding carboxylic acids is 2. The van der Waals surface area contributed by atoms with Crippen LogP contribution in [0.3, 0.4) is 0 Å². The van der Waals surface area contributed by atoms with E-state index in [2.05, 4.69) is 0 Å². The molecule has 1 saturated heterocycles. The highest BCUT2D eigenvalue weighted by molar-refractivity contribution is 8.23. The lowest BCUT2D eigenvalue weighted by atomic mass is 9.94. The van der Waals surface area contributed by atoms with E-state index < -0.39 is 0 Å². The number of thiocarbonyl (C=S) groups is 1. The molecule has 4 rings (SSSR count). The lowest BCUT2D eigenvalue weighted by Gasteiger charge is -2.31. The fourth-order valence-electron chi connectivity index (χ4n) is 4.05. The molecular weight excluding hydrogens is 530 g/mol. The molecule has 0 saturated carbocycles. The quantitative estimate of drug-likeness (QED) is 0.190. The van der Waals surface area contributed by atoms with Gasteiger partial charge < -0.3 is 19.1 Å². The van der Waals surface area contributed by atoms with Crippen LogP contribution in [-0.2, 0) is 4.79 Å². The molecule has 39 heavy (non-hydrogen) atoms. The molecule has 0 radical (unpaired) electrons. The average Bonchev–Trinajstić information content (AvgIpc) is 2.98. The number of benzene rings is 3. The van der Waals surface area contributed by atoms with Crippen molar-refractivity contribution in [1.82, 2.24) is 4.90 Å². The Morgan fingerprint density at radius 2 is 1.18 bits per heavy atom. The summed E-state index contributed by atoms with van der Waals surface area (Å²) >= 11 is 7.04. The molecule has 1 aliphatic rings. The van der Waals surface area contributed by atoms with Crippen molar-refractivity contribution in [2.24, 2.45) is 0 Å². The molecule has 3 aromatic carbocycles. The number of hydrogen-bond donors (Lipinski definition) is 0. The van der Waals surface area contributed by atoms with E-state index in [1.54, 1.807) is 45.6 Å². The molecule has 200 valence electrons. The Morgan fingerprint density at radius 1 is 0.769 bits per heavy atom. The molecule has 0 amide bonds. The number of carbonyl (C=O) groups is 2. The number of thioether (sulfide) groups is 1. The largest absolute Gasteiger partial charge is 0.497 e. The second-order valence-corrected chi connectivity index (χ2v) is 10.4. The summed E-state index contributed by atoms with van der Waals surface area (Å²) in [5, 5.41) is 0. The van der Waals surface area contributed by atoms with Crippen LogP contribution in [0, 0.1) is 0 Å². The van der Waals surface area contributed by atoms with Gasteiger partial charge in [0.2, 0.25) is 0 Å². The summed E-state index contributed by atoms with van der Waals surface area (Å²) in [7, 11) is 4.82. The number of nitrogens with zero attached hydrogens (tertiary/aromatic N) is 1. The molecule has 1 aliphatic heterocycles. The molecule has 6 nitrogen and oxygen atoms in total. The maximum Gasteiger partial charge on any atom is 0.188 e. The van der Waals surface area contributed by atoms with E-state index in [4.69, 9.17) is 26.4 Å². The van der Waals surface area contributed by atoms with Crippen LogP contribution < -0.4 is 14.2 Å². The molecular formula is C31H29NO5S2. The summed E-state index contributed by atoms with van der Waals surface area (Å²) in [6, 6.07) is 22.1. The molecule has 0 aliphatic carbocycles. The van der Waals surface area contributed by atoms with Gasteiger partial charge in [-0.3, -0.25) is 9.59 Å². The van der Waals surface area contributed by atoms with Crippen LogP contribution in [0.5, 0.6) is 17.2 Å². The van der Waals surface area contributed by atoms with Crippen molar-refractivity contribution < 1.29 is 23.8 Å². The number of likely N-dealkylation sites (tertiary alicyclic amines) is 1. The van der Waals surface area contributed by atoms with E-state index in [0.717, 1.165) is 22.6 Å². The third-order valence-corrected chi connectivity index (χ3v) is 7.74. The van der Waals surface area contributed by atoms with Crippen LogP contribution in [0.4, 0.5) is 0 Å². The second-order valence-electron chi connectivity index (χ2n) is 8.78. The number of piperidine rings is 1. The Bertz CT molecular complexity index is 1320. The first-order valence-electron chi connectivity index (χ1n) is 12.2. The average molecular weight is 560 g/mol. The molecule has 0 spiro atoms. The Kier molecular flexibility index (Phi) is 9.57. The molecule has 1 heterocycles. The van der Waals surface area contributed by atoms with E-state index >= 15 is 0 Å². The van der Waals surface area contributed by atoms with E-state index in [1.807, 2.05) is 65.6 Å². The van der Waals surface area contributed by atoms with Gasteiger partial charge in [0.05, 0.1) is 27.1 Å². The Labute approximate surface area is 238 Å². The van der Waals surface area contributed by atoms with Gasteiger partial charge in [-0.15, -0.1) is 0 Å². The number of methoxy groups -OCH3 is 3. The molecule has 0 aromatic heterocycles. The predicted octanol–water partition coefficient (Wildman–Crippen LogP) is 5.97. The fourth-order valence-corrected chi connectivity index (χ4v) is 5.09. The first-order chi connectivity index (χ1) is 18.9. The maximum absolute atomic E-state index is 13.5. The highest BCUT2D eigenvalue weighted by Gasteiger charge is 2.28. The third kappa shape index (κ3) is 7.37. The van der Waals surface area contributed by atoms with Crippen LogP contribution in [0.15, 0.2) is 83.9 Å². The van der Waals surface area contributed by atoms with Crippen molar-refractivity contribution in [2.45, 2.75) is 0 Å². The lowest BCUT2D eigenvalue weighted by Crippen LogP contribution is -2.40. The molecule has 8 heteroatoms. The van der Waals surface area contributed by atoms with Gasteiger partial charge >= 0.3 is 0 Å². The summed E-state index contributed by atoms with van der Waals surface area (Å²) in [5.74, 6) is 2.33. The van der Waals surface area contributed by atoms with Gasteiger partial charge in [-0.2, -0.15) is 0 Å². The van der Waals surface area contributed by atoms with Gasteiger partial charge in [-0.25, -0.2) is 0 Å². The molecule has 0 bridgehead atoms. The lowest BCUT2D eigenvalue weighted by molar-refractivity contribution is -0.113. The number of ether oxygens (including phenoxy) is 3. The van der Waals surface area contributed by atoms with Crippen molar-refractivity contribution in [3.63, 3.8) is 0 Å². The smallest absolute Gasteiger partial charge is 0.188 e. The highest BCUT2D eigenvalue weighted by atomic mass is 32.2. The Hall–Kier alpha value is -3.88. The van der Waals surface area contributed by atoms with Gasteiger partial charge in [0.1, 0.15) is 21.6 Å². The van der Waals surface area contributed by atoms with Crippen LogP contribution >= 0.6 is 24.0 Å². The van der Waals surface area contributed by atoms with Crippen molar-refractivity contribution in [1.29, 1.82) is 0 Å². The minimum Gasteiger partial charge on any atom is -0.497 e. The monoisotopic (exact) mass is 559 g/mol. The Balaban J connectivity index is 1.55. The van der Waals surface area contributed by atoms with Crippen LogP contribution in [0.1, 0.15) is 21.5 Å². The summed E-state index contributed by atoms with van der Waals surface area (Å²) < 4.78 is 16.2. The predicted molar refractivity (Wildman–Crippen MR) is 161 cm³/mol. The summed E-state index contributed by atoms with van der Waals surface area (Å²) in [6.07, 6.45) is 3.76. The first-order valence-corrected chi connectivity index (χ1v) is 13.6. The minimum absolute atomic E-state index is 0.0268.